The first-order valence-corrected chi connectivity index (χ1v) is 6.13. The van der Waals surface area contributed by atoms with E-state index in [2.05, 4.69) is 25.5 Å². The molecule has 0 fully saturated rings. The molecular formula is C12H21N5O. The zero-order chi connectivity index (χ0) is 13.4. The second kappa shape index (κ2) is 7.60. The van der Waals surface area contributed by atoms with Crippen molar-refractivity contribution in [3.8, 4) is 0 Å². The summed E-state index contributed by atoms with van der Waals surface area (Å²) in [5.74, 6) is 0.330. The van der Waals surface area contributed by atoms with Crippen molar-refractivity contribution in [1.29, 1.82) is 0 Å². The Morgan fingerprint density at radius 3 is 2.83 bits per heavy atom. The van der Waals surface area contributed by atoms with Gasteiger partial charge >= 0.3 is 0 Å². The van der Waals surface area contributed by atoms with Gasteiger partial charge in [0.2, 0.25) is 5.95 Å². The number of carbonyl (C=O) groups excluding carboxylic acids is 1. The molecule has 6 heteroatoms. The van der Waals surface area contributed by atoms with Gasteiger partial charge in [0.1, 0.15) is 5.69 Å². The average Bonchev–Trinajstić information content (AvgIpc) is 2.36. The smallest absolute Gasteiger partial charge is 0.270 e. The van der Waals surface area contributed by atoms with Gasteiger partial charge in [-0.1, -0.05) is 6.92 Å². The third-order valence-electron chi connectivity index (χ3n) is 2.27. The van der Waals surface area contributed by atoms with Crippen LogP contribution in [0.3, 0.4) is 0 Å². The number of amides is 1. The predicted octanol–water partition coefficient (Wildman–Crippen LogP) is 0.590. The minimum atomic E-state index is -0.157. The first-order valence-electron chi connectivity index (χ1n) is 6.13. The van der Waals surface area contributed by atoms with Crippen molar-refractivity contribution in [3.63, 3.8) is 0 Å². The molecule has 1 heterocycles. The summed E-state index contributed by atoms with van der Waals surface area (Å²) in [5, 5.41) is 5.87. The second-order valence-electron chi connectivity index (χ2n) is 4.25. The number of hydrogen-bond acceptors (Lipinski definition) is 5. The van der Waals surface area contributed by atoms with Gasteiger partial charge in [0.25, 0.3) is 5.91 Å². The molecule has 0 saturated carbocycles. The van der Waals surface area contributed by atoms with Crippen molar-refractivity contribution in [2.45, 2.75) is 13.3 Å². The van der Waals surface area contributed by atoms with Crippen LogP contribution in [0, 0.1) is 0 Å². The summed E-state index contributed by atoms with van der Waals surface area (Å²) in [5.41, 5.74) is 0.394. The van der Waals surface area contributed by atoms with Gasteiger partial charge in [-0.2, -0.15) is 0 Å². The van der Waals surface area contributed by atoms with E-state index in [1.807, 2.05) is 21.0 Å². The van der Waals surface area contributed by atoms with Crippen LogP contribution in [-0.2, 0) is 0 Å². The van der Waals surface area contributed by atoms with Crippen LogP contribution in [-0.4, -0.2) is 54.5 Å². The number of aromatic nitrogens is 2. The van der Waals surface area contributed by atoms with Crippen LogP contribution >= 0.6 is 0 Å². The van der Waals surface area contributed by atoms with Crippen molar-refractivity contribution < 1.29 is 4.79 Å². The van der Waals surface area contributed by atoms with E-state index in [0.717, 1.165) is 19.5 Å². The molecule has 0 aliphatic carbocycles. The number of rotatable bonds is 7. The minimum absolute atomic E-state index is 0.157. The summed E-state index contributed by atoms with van der Waals surface area (Å²) in [6.45, 7) is 4.30. The topological polar surface area (TPSA) is 70.2 Å². The Labute approximate surface area is 108 Å². The molecule has 0 saturated heterocycles. The SMILES string of the molecule is CCCNC(=O)c1ccnc(NCCN(C)C)n1. The summed E-state index contributed by atoms with van der Waals surface area (Å²) in [7, 11) is 3.99. The Balaban J connectivity index is 2.53. The minimum Gasteiger partial charge on any atom is -0.353 e. The highest BCUT2D eigenvalue weighted by Crippen LogP contribution is 2.00. The summed E-state index contributed by atoms with van der Waals surface area (Å²) < 4.78 is 0. The molecule has 0 aliphatic heterocycles. The largest absolute Gasteiger partial charge is 0.353 e. The van der Waals surface area contributed by atoms with E-state index in [4.69, 9.17) is 0 Å². The molecule has 0 radical (unpaired) electrons. The van der Waals surface area contributed by atoms with Crippen molar-refractivity contribution in [2.24, 2.45) is 0 Å². The molecule has 0 atom stereocenters. The lowest BCUT2D eigenvalue weighted by Gasteiger charge is -2.10. The number of likely N-dealkylation sites (N-methyl/N-ethyl adjacent to an activating group) is 1. The number of anilines is 1. The maximum Gasteiger partial charge on any atom is 0.270 e. The number of nitrogens with one attached hydrogen (secondary N) is 2. The molecule has 0 aliphatic rings. The molecule has 1 aromatic heterocycles. The van der Waals surface area contributed by atoms with E-state index < -0.39 is 0 Å². The van der Waals surface area contributed by atoms with Gasteiger partial charge in [-0.05, 0) is 26.6 Å². The number of carbonyl (C=O) groups is 1. The first kappa shape index (κ1) is 14.4. The van der Waals surface area contributed by atoms with Gasteiger partial charge in [-0.3, -0.25) is 4.79 Å². The molecule has 2 N–H and O–H groups in total. The Hall–Kier alpha value is -1.69. The van der Waals surface area contributed by atoms with Crippen LogP contribution in [0.1, 0.15) is 23.8 Å². The monoisotopic (exact) mass is 251 g/mol. The van der Waals surface area contributed by atoms with E-state index in [0.29, 0.717) is 18.2 Å². The van der Waals surface area contributed by atoms with Crippen molar-refractivity contribution in [1.82, 2.24) is 20.2 Å². The third-order valence-corrected chi connectivity index (χ3v) is 2.27. The van der Waals surface area contributed by atoms with E-state index in [9.17, 15) is 4.79 Å². The van der Waals surface area contributed by atoms with Crippen LogP contribution in [0.25, 0.3) is 0 Å². The fourth-order valence-corrected chi connectivity index (χ4v) is 1.29. The quantitative estimate of drug-likeness (QED) is 0.742. The molecule has 18 heavy (non-hydrogen) atoms. The molecule has 1 amide bonds. The summed E-state index contributed by atoms with van der Waals surface area (Å²) >= 11 is 0. The summed E-state index contributed by atoms with van der Waals surface area (Å²) in [6.07, 6.45) is 2.50. The fourth-order valence-electron chi connectivity index (χ4n) is 1.29. The lowest BCUT2D eigenvalue weighted by Crippen LogP contribution is -2.26. The standard InChI is InChI=1S/C12H21N5O/c1-4-6-13-11(18)10-5-7-14-12(16-10)15-8-9-17(2)3/h5,7H,4,6,8-9H2,1-3H3,(H,13,18)(H,14,15,16). The highest BCUT2D eigenvalue weighted by atomic mass is 16.1. The van der Waals surface area contributed by atoms with Crippen molar-refractivity contribution in [3.05, 3.63) is 18.0 Å². The van der Waals surface area contributed by atoms with Gasteiger partial charge in [-0.25, -0.2) is 9.97 Å². The van der Waals surface area contributed by atoms with Gasteiger partial charge in [-0.15, -0.1) is 0 Å². The van der Waals surface area contributed by atoms with E-state index in [1.54, 1.807) is 12.3 Å². The fraction of sp³-hybridized carbons (Fsp3) is 0.583. The van der Waals surface area contributed by atoms with Crippen LogP contribution < -0.4 is 10.6 Å². The zero-order valence-corrected chi connectivity index (χ0v) is 11.2. The van der Waals surface area contributed by atoms with Crippen molar-refractivity contribution >= 4 is 11.9 Å². The van der Waals surface area contributed by atoms with Crippen LogP contribution in [0.5, 0.6) is 0 Å². The molecule has 100 valence electrons. The zero-order valence-electron chi connectivity index (χ0n) is 11.2. The van der Waals surface area contributed by atoms with Gasteiger partial charge < -0.3 is 15.5 Å². The Morgan fingerprint density at radius 2 is 2.17 bits per heavy atom. The maximum atomic E-state index is 11.7. The highest BCUT2D eigenvalue weighted by molar-refractivity contribution is 5.92. The molecule has 0 spiro atoms. The predicted molar refractivity (Wildman–Crippen MR) is 71.7 cm³/mol. The third kappa shape index (κ3) is 5.09. The Morgan fingerprint density at radius 1 is 1.39 bits per heavy atom. The van der Waals surface area contributed by atoms with Crippen LogP contribution in [0.4, 0.5) is 5.95 Å². The highest BCUT2D eigenvalue weighted by Gasteiger charge is 2.07. The van der Waals surface area contributed by atoms with Gasteiger partial charge in [0, 0.05) is 25.8 Å². The summed E-state index contributed by atoms with van der Waals surface area (Å²) in [4.78, 5) is 22.0. The normalized spacial score (nSPS) is 10.4. The molecule has 0 aromatic carbocycles. The number of hydrogen-bond donors (Lipinski definition) is 2. The van der Waals surface area contributed by atoms with Crippen LogP contribution in [0.2, 0.25) is 0 Å². The van der Waals surface area contributed by atoms with Crippen LogP contribution in [0.15, 0.2) is 12.3 Å². The lowest BCUT2D eigenvalue weighted by atomic mass is 10.3. The molecule has 1 aromatic rings. The molecular weight excluding hydrogens is 230 g/mol. The lowest BCUT2D eigenvalue weighted by molar-refractivity contribution is 0.0948. The Kier molecular flexibility index (Phi) is 6.07. The van der Waals surface area contributed by atoms with E-state index >= 15 is 0 Å². The summed E-state index contributed by atoms with van der Waals surface area (Å²) in [6, 6.07) is 1.61. The van der Waals surface area contributed by atoms with Gasteiger partial charge in [0.15, 0.2) is 0 Å². The average molecular weight is 251 g/mol. The maximum absolute atomic E-state index is 11.7. The number of nitrogens with zero attached hydrogens (tertiary/aromatic N) is 3. The van der Waals surface area contributed by atoms with E-state index in [1.165, 1.54) is 0 Å². The second-order valence-corrected chi connectivity index (χ2v) is 4.25. The van der Waals surface area contributed by atoms with E-state index in [-0.39, 0.29) is 5.91 Å². The first-order chi connectivity index (χ1) is 8.63. The molecule has 0 unspecified atom stereocenters. The molecule has 0 bridgehead atoms. The van der Waals surface area contributed by atoms with Gasteiger partial charge in [0.05, 0.1) is 0 Å². The molecule has 6 nitrogen and oxygen atoms in total. The molecule has 1 rings (SSSR count). The Bertz CT molecular complexity index is 380. The van der Waals surface area contributed by atoms with Crippen molar-refractivity contribution in [2.75, 3.05) is 39.0 Å².